The molecule has 1 aromatic rings. The van der Waals surface area contributed by atoms with Crippen molar-refractivity contribution in [1.82, 2.24) is 9.80 Å². The highest BCUT2D eigenvalue weighted by atomic mass is 35.5. The molecule has 0 bridgehead atoms. The number of ether oxygens (including phenoxy) is 2. The molecule has 1 unspecified atom stereocenters. The minimum absolute atomic E-state index is 0. The van der Waals surface area contributed by atoms with Gasteiger partial charge in [0.25, 0.3) is 0 Å². The molecule has 1 aliphatic heterocycles. The highest BCUT2D eigenvalue weighted by Gasteiger charge is 2.25. The van der Waals surface area contributed by atoms with Gasteiger partial charge >= 0.3 is 0 Å². The van der Waals surface area contributed by atoms with Crippen molar-refractivity contribution >= 4 is 30.7 Å². The second-order valence-corrected chi connectivity index (χ2v) is 5.48. The minimum atomic E-state index is -0.564. The molecule has 1 saturated heterocycles. The summed E-state index contributed by atoms with van der Waals surface area (Å²) in [5.74, 6) is 0.877. The molecule has 0 saturated carbocycles. The van der Waals surface area contributed by atoms with E-state index in [4.69, 9.17) is 15.2 Å². The van der Waals surface area contributed by atoms with Crippen LogP contribution in [-0.2, 0) is 16.1 Å². The molecule has 0 aromatic heterocycles. The Balaban J connectivity index is 0.00000264. The molecule has 0 aliphatic carbocycles. The van der Waals surface area contributed by atoms with Gasteiger partial charge in [0.05, 0.1) is 13.7 Å². The second kappa shape index (κ2) is 11.5. The van der Waals surface area contributed by atoms with Crippen LogP contribution in [0.5, 0.6) is 5.75 Å². The molecule has 1 aliphatic rings. The van der Waals surface area contributed by atoms with E-state index < -0.39 is 6.04 Å². The van der Waals surface area contributed by atoms with Crippen LogP contribution < -0.4 is 10.5 Å². The van der Waals surface area contributed by atoms with Crippen LogP contribution in [0.15, 0.2) is 24.3 Å². The van der Waals surface area contributed by atoms with Gasteiger partial charge in [0.2, 0.25) is 5.91 Å². The third-order valence-corrected chi connectivity index (χ3v) is 3.93. The summed E-state index contributed by atoms with van der Waals surface area (Å²) in [6.45, 7) is 4.17. The van der Waals surface area contributed by atoms with Crippen LogP contribution >= 0.6 is 24.8 Å². The van der Waals surface area contributed by atoms with Crippen LogP contribution in [0.3, 0.4) is 0 Å². The fourth-order valence-electron chi connectivity index (χ4n) is 2.69. The third-order valence-electron chi connectivity index (χ3n) is 3.93. The highest BCUT2D eigenvalue weighted by Crippen LogP contribution is 2.20. The van der Waals surface area contributed by atoms with Gasteiger partial charge in [-0.15, -0.1) is 24.8 Å². The highest BCUT2D eigenvalue weighted by molar-refractivity contribution is 5.85. The monoisotopic (exact) mass is 379 g/mol. The topological polar surface area (TPSA) is 68.0 Å². The number of rotatable bonds is 6. The first kappa shape index (κ1) is 22.9. The molecule has 2 rings (SSSR count). The number of hydrogen-bond donors (Lipinski definition) is 1. The number of piperazine rings is 1. The fourth-order valence-corrected chi connectivity index (χ4v) is 2.69. The van der Waals surface area contributed by atoms with Gasteiger partial charge in [-0.05, 0) is 6.07 Å². The lowest BCUT2D eigenvalue weighted by atomic mass is 10.1. The normalized spacial score (nSPS) is 15.9. The molecule has 8 heteroatoms. The van der Waals surface area contributed by atoms with Gasteiger partial charge in [-0.1, -0.05) is 18.2 Å². The van der Waals surface area contributed by atoms with Crippen LogP contribution in [0.2, 0.25) is 0 Å². The molecule has 138 valence electrons. The number of nitrogens with zero attached hydrogens (tertiary/aromatic N) is 2. The van der Waals surface area contributed by atoms with E-state index in [1.54, 1.807) is 14.2 Å². The standard InChI is InChI=1S/C16H25N3O3.2ClH/c1-21-12-14(17)16(20)19-9-7-18(8-10-19)11-13-5-3-4-6-15(13)22-2;;/h3-6,14H,7-12,17H2,1-2H3;2*1H. The molecular formula is C16H27Cl2N3O3. The van der Waals surface area contributed by atoms with E-state index in [1.165, 1.54) is 5.56 Å². The maximum absolute atomic E-state index is 12.1. The van der Waals surface area contributed by atoms with Crippen molar-refractivity contribution in [2.75, 3.05) is 47.0 Å². The SMILES string of the molecule is COCC(N)C(=O)N1CCN(Cc2ccccc2OC)CC1.Cl.Cl. The Bertz CT molecular complexity index is 497. The van der Waals surface area contributed by atoms with Gasteiger partial charge in [-0.3, -0.25) is 9.69 Å². The van der Waals surface area contributed by atoms with Crippen molar-refractivity contribution in [2.45, 2.75) is 12.6 Å². The smallest absolute Gasteiger partial charge is 0.241 e. The number of halogens is 2. The van der Waals surface area contributed by atoms with Crippen LogP contribution in [-0.4, -0.2) is 68.8 Å². The first-order valence-electron chi connectivity index (χ1n) is 7.53. The molecule has 1 fully saturated rings. The predicted molar refractivity (Wildman–Crippen MR) is 99.2 cm³/mol. The van der Waals surface area contributed by atoms with Crippen molar-refractivity contribution < 1.29 is 14.3 Å². The lowest BCUT2D eigenvalue weighted by molar-refractivity contribution is -0.135. The number of amides is 1. The summed E-state index contributed by atoms with van der Waals surface area (Å²) in [6.07, 6.45) is 0. The molecule has 1 aromatic carbocycles. The Kier molecular flexibility index (Phi) is 11.0. The molecule has 6 nitrogen and oxygen atoms in total. The van der Waals surface area contributed by atoms with Crippen LogP contribution in [0.4, 0.5) is 0 Å². The summed E-state index contributed by atoms with van der Waals surface area (Å²) < 4.78 is 10.3. The summed E-state index contributed by atoms with van der Waals surface area (Å²) in [7, 11) is 3.24. The molecule has 24 heavy (non-hydrogen) atoms. The molecule has 1 amide bonds. The Hall–Kier alpha value is -1.05. The lowest BCUT2D eigenvalue weighted by Crippen LogP contribution is -2.53. The quantitative estimate of drug-likeness (QED) is 0.802. The zero-order chi connectivity index (χ0) is 15.9. The van der Waals surface area contributed by atoms with Gasteiger partial charge in [-0.25, -0.2) is 0 Å². The van der Waals surface area contributed by atoms with Gasteiger partial charge in [-0.2, -0.15) is 0 Å². The Morgan fingerprint density at radius 3 is 2.38 bits per heavy atom. The van der Waals surface area contributed by atoms with Crippen molar-refractivity contribution in [3.05, 3.63) is 29.8 Å². The van der Waals surface area contributed by atoms with Crippen molar-refractivity contribution in [2.24, 2.45) is 5.73 Å². The number of para-hydroxylation sites is 1. The fraction of sp³-hybridized carbons (Fsp3) is 0.562. The number of benzene rings is 1. The molecular weight excluding hydrogens is 353 g/mol. The first-order valence-corrected chi connectivity index (χ1v) is 7.53. The molecule has 0 radical (unpaired) electrons. The van der Waals surface area contributed by atoms with Gasteiger partial charge in [0, 0.05) is 45.4 Å². The van der Waals surface area contributed by atoms with E-state index in [-0.39, 0.29) is 37.3 Å². The summed E-state index contributed by atoms with van der Waals surface area (Å²) >= 11 is 0. The van der Waals surface area contributed by atoms with Crippen LogP contribution in [0.25, 0.3) is 0 Å². The van der Waals surface area contributed by atoms with E-state index >= 15 is 0 Å². The number of carbonyl (C=O) groups is 1. The second-order valence-electron chi connectivity index (χ2n) is 5.48. The minimum Gasteiger partial charge on any atom is -0.496 e. The number of carbonyl (C=O) groups excluding carboxylic acids is 1. The largest absolute Gasteiger partial charge is 0.496 e. The van der Waals surface area contributed by atoms with Crippen molar-refractivity contribution in [1.29, 1.82) is 0 Å². The summed E-state index contributed by atoms with van der Waals surface area (Å²) in [6, 6.07) is 7.46. The van der Waals surface area contributed by atoms with E-state index in [0.29, 0.717) is 13.1 Å². The Labute approximate surface area is 156 Å². The number of hydrogen-bond acceptors (Lipinski definition) is 5. The van der Waals surface area contributed by atoms with E-state index in [1.807, 2.05) is 23.1 Å². The average molecular weight is 380 g/mol. The van der Waals surface area contributed by atoms with Gasteiger partial charge < -0.3 is 20.1 Å². The first-order chi connectivity index (χ1) is 10.7. The van der Waals surface area contributed by atoms with Crippen molar-refractivity contribution in [3.63, 3.8) is 0 Å². The van der Waals surface area contributed by atoms with Crippen molar-refractivity contribution in [3.8, 4) is 5.75 Å². The van der Waals surface area contributed by atoms with E-state index in [0.717, 1.165) is 25.4 Å². The van der Waals surface area contributed by atoms with E-state index in [9.17, 15) is 4.79 Å². The predicted octanol–water partition coefficient (Wildman–Crippen LogP) is 1.16. The Morgan fingerprint density at radius 2 is 1.79 bits per heavy atom. The molecule has 1 atom stereocenters. The van der Waals surface area contributed by atoms with Crippen LogP contribution in [0.1, 0.15) is 5.56 Å². The van der Waals surface area contributed by atoms with Crippen LogP contribution in [0, 0.1) is 0 Å². The third kappa shape index (κ3) is 6.11. The zero-order valence-corrected chi connectivity index (χ0v) is 15.8. The average Bonchev–Trinajstić information content (AvgIpc) is 2.55. The number of methoxy groups -OCH3 is 2. The maximum Gasteiger partial charge on any atom is 0.241 e. The maximum atomic E-state index is 12.1. The summed E-state index contributed by atoms with van der Waals surface area (Å²) in [5, 5.41) is 0. The summed E-state index contributed by atoms with van der Waals surface area (Å²) in [5.41, 5.74) is 6.98. The zero-order valence-electron chi connectivity index (χ0n) is 14.1. The van der Waals surface area contributed by atoms with Gasteiger partial charge in [0.15, 0.2) is 0 Å². The number of nitrogens with two attached hydrogens (primary N) is 1. The Morgan fingerprint density at radius 1 is 1.17 bits per heavy atom. The molecule has 2 N–H and O–H groups in total. The molecule has 1 heterocycles. The lowest BCUT2D eigenvalue weighted by Gasteiger charge is -2.36. The van der Waals surface area contributed by atoms with E-state index in [2.05, 4.69) is 11.0 Å². The molecule has 0 spiro atoms. The summed E-state index contributed by atoms with van der Waals surface area (Å²) in [4.78, 5) is 16.3. The van der Waals surface area contributed by atoms with Gasteiger partial charge in [0.1, 0.15) is 11.8 Å².